The van der Waals surface area contributed by atoms with Crippen molar-refractivity contribution in [2.75, 3.05) is 0 Å². The van der Waals surface area contributed by atoms with E-state index in [1.165, 1.54) is 142 Å². The maximum absolute atomic E-state index is 2.35. The smallest absolute Gasteiger partial charge is 0.00990 e. The Labute approximate surface area is 394 Å². The summed E-state index contributed by atoms with van der Waals surface area (Å²) in [7, 11) is 0. The molecule has 0 heterocycles. The summed E-state index contributed by atoms with van der Waals surface area (Å²) in [4.78, 5) is 0. The van der Waals surface area contributed by atoms with Crippen LogP contribution in [-0.4, -0.2) is 0 Å². The first kappa shape index (κ1) is 38.4. The molecular weight excluding hydrogens is 817 g/mol. The quantitative estimate of drug-likeness (QED) is 0.151. The van der Waals surface area contributed by atoms with Gasteiger partial charge in [0.25, 0.3) is 0 Å². The molecule has 14 aromatic rings. The maximum Gasteiger partial charge on any atom is -0.00990 e. The van der Waals surface area contributed by atoms with Crippen LogP contribution in [0.15, 0.2) is 255 Å². The Morgan fingerprint density at radius 2 is 0.353 bits per heavy atom. The van der Waals surface area contributed by atoms with E-state index in [4.69, 9.17) is 0 Å². The van der Waals surface area contributed by atoms with Crippen LogP contribution >= 0.6 is 0 Å². The third kappa shape index (κ3) is 6.45. The highest BCUT2D eigenvalue weighted by atomic mass is 14.2. The molecule has 0 saturated heterocycles. The molecule has 0 atom stereocenters. The standard InChI is InChI=1S/C68H42/c1-3-13-61-43(7-1)15-21-57-39-53(23-29-63(57)61)46-10-5-9-45(35-46)49-17-18-51-38-52(20-19-50(51)37-49)56-26-32-66-60(42-56)28-34-67-65-31-25-55(41-59(65)27-33-68(66)67)48-12-6-11-47(36-48)54-24-30-64-58(40-54)22-16-44-8-2-4-14-62(44)64/h1-42H. The molecule has 0 bridgehead atoms. The lowest BCUT2D eigenvalue weighted by Crippen LogP contribution is -1.86. The first-order valence-corrected chi connectivity index (χ1v) is 23.6. The summed E-state index contributed by atoms with van der Waals surface area (Å²) in [6.45, 7) is 0. The molecule has 314 valence electrons. The van der Waals surface area contributed by atoms with Crippen LogP contribution < -0.4 is 0 Å². The van der Waals surface area contributed by atoms with Gasteiger partial charge < -0.3 is 0 Å². The van der Waals surface area contributed by atoms with E-state index in [-0.39, 0.29) is 0 Å². The molecule has 0 aliphatic rings. The van der Waals surface area contributed by atoms with E-state index in [1.807, 2.05) is 0 Å². The summed E-state index contributed by atoms with van der Waals surface area (Å²) in [5.74, 6) is 0. The van der Waals surface area contributed by atoms with Gasteiger partial charge in [-0.2, -0.15) is 0 Å². The summed E-state index contributed by atoms with van der Waals surface area (Å²) in [6, 6.07) is 94.7. The van der Waals surface area contributed by atoms with Crippen LogP contribution in [0, 0.1) is 0 Å². The van der Waals surface area contributed by atoms with Gasteiger partial charge in [0.1, 0.15) is 0 Å². The normalized spacial score (nSPS) is 11.8. The average molecular weight is 859 g/mol. The predicted octanol–water partition coefficient (Wildman–Crippen LogP) is 19.2. The number of hydrogen-bond acceptors (Lipinski definition) is 0. The van der Waals surface area contributed by atoms with Crippen LogP contribution in [0.25, 0.3) is 142 Å². The van der Waals surface area contributed by atoms with Crippen molar-refractivity contribution < 1.29 is 0 Å². The summed E-state index contributed by atoms with van der Waals surface area (Å²) in [6.07, 6.45) is 0. The van der Waals surface area contributed by atoms with Crippen molar-refractivity contribution in [1.82, 2.24) is 0 Å². The van der Waals surface area contributed by atoms with Crippen LogP contribution in [0.4, 0.5) is 0 Å². The molecule has 0 nitrogen and oxygen atoms in total. The van der Waals surface area contributed by atoms with Gasteiger partial charge in [0.15, 0.2) is 0 Å². The van der Waals surface area contributed by atoms with Crippen molar-refractivity contribution in [2.45, 2.75) is 0 Å². The van der Waals surface area contributed by atoms with Crippen LogP contribution in [0.5, 0.6) is 0 Å². The molecule has 0 fully saturated rings. The van der Waals surface area contributed by atoms with E-state index < -0.39 is 0 Å². The van der Waals surface area contributed by atoms with Crippen LogP contribution in [0.3, 0.4) is 0 Å². The first-order valence-electron chi connectivity index (χ1n) is 23.6. The maximum atomic E-state index is 2.35. The first-order chi connectivity index (χ1) is 33.6. The summed E-state index contributed by atoms with van der Waals surface area (Å²) < 4.78 is 0. The van der Waals surface area contributed by atoms with Gasteiger partial charge in [-0.25, -0.2) is 0 Å². The third-order valence-electron chi connectivity index (χ3n) is 14.6. The fourth-order valence-corrected chi connectivity index (χ4v) is 11.0. The Hall–Kier alpha value is -8.84. The Balaban J connectivity index is 0.735. The highest BCUT2D eigenvalue weighted by molar-refractivity contribution is 6.18. The lowest BCUT2D eigenvalue weighted by Gasteiger charge is -2.12. The highest BCUT2D eigenvalue weighted by Gasteiger charge is 2.12. The number of hydrogen-bond donors (Lipinski definition) is 0. The third-order valence-corrected chi connectivity index (χ3v) is 14.6. The Bertz CT molecular complexity index is 4380. The highest BCUT2D eigenvalue weighted by Crippen LogP contribution is 2.39. The topological polar surface area (TPSA) is 0 Å². The van der Waals surface area contributed by atoms with Gasteiger partial charge in [0.2, 0.25) is 0 Å². The molecule has 0 radical (unpaired) electrons. The largest absolute Gasteiger partial charge is 0.0616 e. The van der Waals surface area contributed by atoms with E-state index in [9.17, 15) is 0 Å². The van der Waals surface area contributed by atoms with Gasteiger partial charge in [-0.1, -0.05) is 206 Å². The second-order valence-corrected chi connectivity index (χ2v) is 18.5. The summed E-state index contributed by atoms with van der Waals surface area (Å²) >= 11 is 0. The van der Waals surface area contributed by atoms with Gasteiger partial charge >= 0.3 is 0 Å². The molecule has 0 N–H and O–H groups in total. The minimum atomic E-state index is 1.22. The fourth-order valence-electron chi connectivity index (χ4n) is 11.0. The van der Waals surface area contributed by atoms with Gasteiger partial charge in [0, 0.05) is 0 Å². The molecule has 14 rings (SSSR count). The van der Waals surface area contributed by atoms with E-state index in [0.717, 1.165) is 0 Å². The monoisotopic (exact) mass is 858 g/mol. The minimum Gasteiger partial charge on any atom is -0.0616 e. The van der Waals surface area contributed by atoms with Crippen molar-refractivity contribution in [2.24, 2.45) is 0 Å². The number of benzene rings is 14. The molecular formula is C68H42. The lowest BCUT2D eigenvalue weighted by atomic mass is 9.92. The molecule has 68 heavy (non-hydrogen) atoms. The van der Waals surface area contributed by atoms with Crippen molar-refractivity contribution in [1.29, 1.82) is 0 Å². The zero-order chi connectivity index (χ0) is 44.7. The molecule has 0 spiro atoms. The van der Waals surface area contributed by atoms with Gasteiger partial charge in [0.05, 0.1) is 0 Å². The van der Waals surface area contributed by atoms with Crippen molar-refractivity contribution >= 4 is 86.2 Å². The average Bonchev–Trinajstić information content (AvgIpc) is 3.41. The zero-order valence-electron chi connectivity index (χ0n) is 37.2. The number of fused-ring (bicyclic) bond motifs is 12. The second-order valence-electron chi connectivity index (χ2n) is 18.5. The SMILES string of the molecule is c1cc(-c2ccc3cc(-c4ccc5c(ccc6c7ccc(-c8cccc(-c9ccc%10c(ccc%11ccccc%11%10)c9)c8)cc7ccc56)c4)ccc3c2)cc(-c2ccc3c(ccc4ccccc43)c2)c1. The van der Waals surface area contributed by atoms with E-state index in [1.54, 1.807) is 0 Å². The molecule has 0 aromatic heterocycles. The van der Waals surface area contributed by atoms with Crippen molar-refractivity contribution in [3.63, 3.8) is 0 Å². The van der Waals surface area contributed by atoms with Crippen molar-refractivity contribution in [3.05, 3.63) is 255 Å². The molecule has 0 unspecified atom stereocenters. The van der Waals surface area contributed by atoms with Gasteiger partial charge in [-0.3, -0.25) is 0 Å². The zero-order valence-corrected chi connectivity index (χ0v) is 37.2. The molecule has 0 aliphatic carbocycles. The van der Waals surface area contributed by atoms with Crippen molar-refractivity contribution in [3.8, 4) is 55.6 Å². The molecule has 14 aromatic carbocycles. The van der Waals surface area contributed by atoms with Crippen LogP contribution in [0.1, 0.15) is 0 Å². The Morgan fingerprint density at radius 3 is 0.735 bits per heavy atom. The Morgan fingerprint density at radius 1 is 0.118 bits per heavy atom. The summed E-state index contributed by atoms with van der Waals surface area (Å²) in [5.41, 5.74) is 12.3. The molecule has 0 saturated carbocycles. The van der Waals surface area contributed by atoms with E-state index in [2.05, 4.69) is 255 Å². The predicted molar refractivity (Wildman–Crippen MR) is 294 cm³/mol. The second kappa shape index (κ2) is 15.4. The van der Waals surface area contributed by atoms with Gasteiger partial charge in [-0.05, 0) is 190 Å². The minimum absolute atomic E-state index is 1.22. The van der Waals surface area contributed by atoms with E-state index >= 15 is 0 Å². The molecule has 0 aliphatic heterocycles. The van der Waals surface area contributed by atoms with Crippen LogP contribution in [-0.2, 0) is 0 Å². The molecule has 0 amide bonds. The summed E-state index contributed by atoms with van der Waals surface area (Å²) in [5, 5.41) is 20.4. The molecule has 0 heteroatoms. The fraction of sp³-hybridized carbons (Fsp3) is 0. The Kier molecular flexibility index (Phi) is 8.69. The van der Waals surface area contributed by atoms with E-state index in [0.29, 0.717) is 0 Å². The van der Waals surface area contributed by atoms with Gasteiger partial charge in [-0.15, -0.1) is 0 Å². The van der Waals surface area contributed by atoms with Crippen LogP contribution in [0.2, 0.25) is 0 Å². The number of rotatable bonds is 5. The lowest BCUT2D eigenvalue weighted by molar-refractivity contribution is 1.61.